The van der Waals surface area contributed by atoms with Gasteiger partial charge in [-0.3, -0.25) is 9.59 Å². The molecule has 0 saturated carbocycles. The summed E-state index contributed by atoms with van der Waals surface area (Å²) in [6.07, 6.45) is 2.18. The van der Waals surface area contributed by atoms with Gasteiger partial charge in [0.25, 0.3) is 0 Å². The topological polar surface area (TPSA) is 70.7 Å². The number of amides is 2. The maximum absolute atomic E-state index is 12.5. The summed E-state index contributed by atoms with van der Waals surface area (Å²) in [5, 5.41) is 6.91. The number of morpholine rings is 1. The van der Waals surface area contributed by atoms with E-state index in [4.69, 9.17) is 16.3 Å². The first-order valence-electron chi connectivity index (χ1n) is 9.31. The number of nitrogens with one attached hydrogen (secondary N) is 2. The van der Waals surface area contributed by atoms with Gasteiger partial charge in [0, 0.05) is 42.8 Å². The average molecular weight is 378 g/mol. The van der Waals surface area contributed by atoms with E-state index in [0.717, 1.165) is 30.6 Å². The number of carbonyl (C=O) groups is 2. The predicted molar refractivity (Wildman–Crippen MR) is 99.4 cm³/mol. The molecule has 2 unspecified atom stereocenters. The number of carbonyl (C=O) groups excluding carboxylic acids is 2. The highest BCUT2D eigenvalue weighted by atomic mass is 35.5. The van der Waals surface area contributed by atoms with Gasteiger partial charge in [-0.1, -0.05) is 17.7 Å². The molecule has 2 atom stereocenters. The second-order valence-electron chi connectivity index (χ2n) is 7.35. The van der Waals surface area contributed by atoms with Crippen LogP contribution in [0.2, 0.25) is 5.02 Å². The molecule has 0 aliphatic carbocycles. The maximum atomic E-state index is 12.5. The molecule has 6 nitrogen and oxygen atoms in total. The van der Waals surface area contributed by atoms with E-state index >= 15 is 0 Å². The van der Waals surface area contributed by atoms with Crippen LogP contribution in [-0.4, -0.2) is 55.6 Å². The molecule has 0 bridgehead atoms. The van der Waals surface area contributed by atoms with Crippen molar-refractivity contribution < 1.29 is 14.3 Å². The standard InChI is InChI=1S/C19H24ClN3O3/c20-13-1-2-15-16(9-13)22-19(25)18(15)12-3-6-23(7-4-12)17(24)10-14-11-26-8-5-21-14/h1-2,9,12,14,18,21H,3-8,10-11H2,(H,22,25). The predicted octanol–water partition coefficient (Wildman–Crippen LogP) is 1.99. The minimum absolute atomic E-state index is 0.0515. The van der Waals surface area contributed by atoms with Crippen molar-refractivity contribution >= 4 is 29.1 Å². The van der Waals surface area contributed by atoms with Crippen LogP contribution in [0.3, 0.4) is 0 Å². The summed E-state index contributed by atoms with van der Waals surface area (Å²) in [5.41, 5.74) is 1.86. The number of piperidine rings is 1. The van der Waals surface area contributed by atoms with E-state index in [2.05, 4.69) is 10.6 Å². The molecule has 3 heterocycles. The lowest BCUT2D eigenvalue weighted by Gasteiger charge is -2.35. The number of ether oxygens (including phenoxy) is 1. The lowest BCUT2D eigenvalue weighted by atomic mass is 9.80. The fourth-order valence-electron chi connectivity index (χ4n) is 4.30. The van der Waals surface area contributed by atoms with Crippen LogP contribution in [0, 0.1) is 5.92 Å². The van der Waals surface area contributed by atoms with Crippen LogP contribution in [0.15, 0.2) is 18.2 Å². The second kappa shape index (κ2) is 7.55. The van der Waals surface area contributed by atoms with Gasteiger partial charge in [0.05, 0.1) is 19.1 Å². The Bertz CT molecular complexity index is 697. The molecule has 1 aromatic rings. The van der Waals surface area contributed by atoms with E-state index in [9.17, 15) is 9.59 Å². The van der Waals surface area contributed by atoms with Gasteiger partial charge in [-0.15, -0.1) is 0 Å². The molecule has 4 rings (SSSR count). The summed E-state index contributed by atoms with van der Waals surface area (Å²) in [5.74, 6) is 0.357. The number of fused-ring (bicyclic) bond motifs is 1. The van der Waals surface area contributed by atoms with Crippen LogP contribution in [0.1, 0.15) is 30.7 Å². The molecule has 0 aromatic heterocycles. The van der Waals surface area contributed by atoms with Gasteiger partial charge in [0.1, 0.15) is 0 Å². The van der Waals surface area contributed by atoms with Crippen LogP contribution in [0.4, 0.5) is 5.69 Å². The molecule has 0 radical (unpaired) electrons. The van der Waals surface area contributed by atoms with Gasteiger partial charge in [-0.2, -0.15) is 0 Å². The highest BCUT2D eigenvalue weighted by molar-refractivity contribution is 6.31. The first-order valence-corrected chi connectivity index (χ1v) is 9.69. The Morgan fingerprint density at radius 3 is 2.85 bits per heavy atom. The molecule has 3 aliphatic rings. The van der Waals surface area contributed by atoms with Gasteiger partial charge < -0.3 is 20.3 Å². The van der Waals surface area contributed by atoms with E-state index < -0.39 is 0 Å². The molecular weight excluding hydrogens is 354 g/mol. The number of anilines is 1. The van der Waals surface area contributed by atoms with Crippen LogP contribution in [0.25, 0.3) is 0 Å². The Morgan fingerprint density at radius 1 is 1.31 bits per heavy atom. The highest BCUT2D eigenvalue weighted by Crippen LogP contribution is 2.42. The third kappa shape index (κ3) is 3.59. The minimum Gasteiger partial charge on any atom is -0.378 e. The zero-order chi connectivity index (χ0) is 18.1. The third-order valence-electron chi connectivity index (χ3n) is 5.67. The van der Waals surface area contributed by atoms with Crippen LogP contribution in [0.5, 0.6) is 0 Å². The first kappa shape index (κ1) is 17.8. The zero-order valence-corrected chi connectivity index (χ0v) is 15.4. The summed E-state index contributed by atoms with van der Waals surface area (Å²) >= 11 is 6.03. The third-order valence-corrected chi connectivity index (χ3v) is 5.91. The van der Waals surface area contributed by atoms with E-state index in [1.165, 1.54) is 0 Å². The van der Waals surface area contributed by atoms with Crippen molar-refractivity contribution in [3.63, 3.8) is 0 Å². The SMILES string of the molecule is O=C1Nc2cc(Cl)ccc2C1C1CCN(C(=O)CC2COCCN2)CC1. The van der Waals surface area contributed by atoms with E-state index in [-0.39, 0.29) is 29.7 Å². The number of hydrogen-bond acceptors (Lipinski definition) is 4. The molecule has 2 fully saturated rings. The van der Waals surface area contributed by atoms with Gasteiger partial charge in [0.15, 0.2) is 0 Å². The summed E-state index contributed by atoms with van der Waals surface area (Å²) in [4.78, 5) is 26.9. The monoisotopic (exact) mass is 377 g/mol. The molecule has 26 heavy (non-hydrogen) atoms. The summed E-state index contributed by atoms with van der Waals surface area (Å²) in [6, 6.07) is 5.72. The molecule has 2 amide bonds. The largest absolute Gasteiger partial charge is 0.378 e. The fourth-order valence-corrected chi connectivity index (χ4v) is 4.47. The highest BCUT2D eigenvalue weighted by Gasteiger charge is 2.39. The quantitative estimate of drug-likeness (QED) is 0.845. The lowest BCUT2D eigenvalue weighted by Crippen LogP contribution is -2.47. The average Bonchev–Trinajstić information content (AvgIpc) is 2.97. The number of benzene rings is 1. The molecule has 140 valence electrons. The number of halogens is 1. The normalized spacial score (nSPS) is 26.5. The number of nitrogens with zero attached hydrogens (tertiary/aromatic N) is 1. The van der Waals surface area contributed by atoms with Gasteiger partial charge in [-0.05, 0) is 36.5 Å². The Labute approximate surface area is 158 Å². The minimum atomic E-state index is -0.132. The van der Waals surface area contributed by atoms with Gasteiger partial charge >= 0.3 is 0 Å². The van der Waals surface area contributed by atoms with Crippen molar-refractivity contribution in [2.24, 2.45) is 5.92 Å². The van der Waals surface area contributed by atoms with Crippen molar-refractivity contribution in [3.8, 4) is 0 Å². The smallest absolute Gasteiger partial charge is 0.232 e. The second-order valence-corrected chi connectivity index (χ2v) is 7.78. The summed E-state index contributed by atoms with van der Waals surface area (Å²) in [6.45, 7) is 3.55. The summed E-state index contributed by atoms with van der Waals surface area (Å²) < 4.78 is 5.42. The number of rotatable bonds is 3. The van der Waals surface area contributed by atoms with Crippen LogP contribution in [-0.2, 0) is 14.3 Å². The molecule has 2 saturated heterocycles. The number of likely N-dealkylation sites (tertiary alicyclic amines) is 1. The molecule has 3 aliphatic heterocycles. The Kier molecular flexibility index (Phi) is 5.16. The first-order chi connectivity index (χ1) is 12.6. The van der Waals surface area contributed by atoms with Crippen molar-refractivity contribution in [3.05, 3.63) is 28.8 Å². The Morgan fingerprint density at radius 2 is 2.12 bits per heavy atom. The van der Waals surface area contributed by atoms with Gasteiger partial charge in [0.2, 0.25) is 11.8 Å². The molecule has 7 heteroatoms. The van der Waals surface area contributed by atoms with Crippen molar-refractivity contribution in [1.29, 1.82) is 0 Å². The molecule has 2 N–H and O–H groups in total. The van der Waals surface area contributed by atoms with E-state index in [1.807, 2.05) is 23.1 Å². The van der Waals surface area contributed by atoms with Crippen LogP contribution >= 0.6 is 11.6 Å². The van der Waals surface area contributed by atoms with Crippen molar-refractivity contribution in [1.82, 2.24) is 10.2 Å². The fraction of sp³-hybridized carbons (Fsp3) is 0.579. The Hall–Kier alpha value is -1.63. The number of hydrogen-bond donors (Lipinski definition) is 2. The molecule has 1 aromatic carbocycles. The van der Waals surface area contributed by atoms with E-state index in [1.54, 1.807) is 0 Å². The lowest BCUT2D eigenvalue weighted by molar-refractivity contribution is -0.134. The molecule has 0 spiro atoms. The summed E-state index contributed by atoms with van der Waals surface area (Å²) in [7, 11) is 0. The van der Waals surface area contributed by atoms with Gasteiger partial charge in [-0.25, -0.2) is 0 Å². The maximum Gasteiger partial charge on any atom is 0.232 e. The zero-order valence-electron chi connectivity index (χ0n) is 14.7. The van der Waals surface area contributed by atoms with E-state index in [0.29, 0.717) is 37.7 Å². The van der Waals surface area contributed by atoms with Crippen molar-refractivity contribution in [2.45, 2.75) is 31.2 Å². The van der Waals surface area contributed by atoms with Crippen molar-refractivity contribution in [2.75, 3.05) is 38.2 Å². The molecular formula is C19H24ClN3O3. The van der Waals surface area contributed by atoms with Crippen LogP contribution < -0.4 is 10.6 Å². The Balaban J connectivity index is 1.35.